The summed E-state index contributed by atoms with van der Waals surface area (Å²) in [6.45, 7) is 1.84. The number of benzene rings is 1. The summed E-state index contributed by atoms with van der Waals surface area (Å²) >= 11 is 0. The molecule has 1 unspecified atom stereocenters. The number of hydrogen-bond donors (Lipinski definition) is 1. The molecule has 1 aromatic carbocycles. The molecule has 5 heteroatoms. The first-order valence-electron chi connectivity index (χ1n) is 5.89. The quantitative estimate of drug-likeness (QED) is 0.778. The summed E-state index contributed by atoms with van der Waals surface area (Å²) in [6, 6.07) is 11.4. The first kappa shape index (κ1) is 11.7. The summed E-state index contributed by atoms with van der Waals surface area (Å²) in [5.41, 5.74) is 7.16. The van der Waals surface area contributed by atoms with Gasteiger partial charge in [0, 0.05) is 0 Å². The topological polar surface area (TPSA) is 78.1 Å². The maximum Gasteiger partial charge on any atom is 0.251 e. The van der Waals surface area contributed by atoms with Crippen LogP contribution in [0, 0.1) is 0 Å². The van der Waals surface area contributed by atoms with Crippen LogP contribution < -0.4 is 5.73 Å². The molecule has 3 rings (SSSR count). The van der Waals surface area contributed by atoms with Crippen molar-refractivity contribution in [1.29, 1.82) is 0 Å². The lowest BCUT2D eigenvalue weighted by Crippen LogP contribution is -2.34. The van der Waals surface area contributed by atoms with Crippen LogP contribution in [-0.4, -0.2) is 10.1 Å². The monoisotopic (exact) mass is 255 g/mol. The first-order chi connectivity index (χ1) is 9.18. The molecule has 19 heavy (non-hydrogen) atoms. The Morgan fingerprint density at radius 3 is 2.63 bits per heavy atom. The van der Waals surface area contributed by atoms with Gasteiger partial charge in [0.05, 0.1) is 11.8 Å². The van der Waals surface area contributed by atoms with E-state index in [1.165, 1.54) is 0 Å². The van der Waals surface area contributed by atoms with Gasteiger partial charge in [-0.1, -0.05) is 35.5 Å². The molecule has 0 bridgehead atoms. The van der Waals surface area contributed by atoms with Crippen molar-refractivity contribution in [3.63, 3.8) is 0 Å². The van der Waals surface area contributed by atoms with Crippen molar-refractivity contribution < 1.29 is 8.94 Å². The second-order valence-corrected chi connectivity index (χ2v) is 4.50. The molecular formula is C14H13N3O2. The molecule has 5 nitrogen and oxygen atoms in total. The van der Waals surface area contributed by atoms with Gasteiger partial charge in [-0.25, -0.2) is 0 Å². The molecule has 2 heterocycles. The van der Waals surface area contributed by atoms with Crippen LogP contribution >= 0.6 is 0 Å². The Bertz CT molecular complexity index is 657. The van der Waals surface area contributed by atoms with Crippen LogP contribution in [0.25, 0.3) is 11.4 Å². The highest BCUT2D eigenvalue weighted by atomic mass is 16.5. The average Bonchev–Trinajstić information content (AvgIpc) is 3.10. The largest absolute Gasteiger partial charge is 0.472 e. The van der Waals surface area contributed by atoms with E-state index in [-0.39, 0.29) is 0 Å². The third kappa shape index (κ3) is 2.04. The van der Waals surface area contributed by atoms with Crippen molar-refractivity contribution >= 4 is 0 Å². The van der Waals surface area contributed by atoms with Crippen molar-refractivity contribution in [2.45, 2.75) is 12.5 Å². The van der Waals surface area contributed by atoms with Crippen LogP contribution in [0.4, 0.5) is 0 Å². The Kier molecular flexibility index (Phi) is 2.68. The zero-order valence-corrected chi connectivity index (χ0v) is 10.4. The maximum atomic E-state index is 6.31. The van der Waals surface area contributed by atoms with Crippen molar-refractivity contribution in [1.82, 2.24) is 10.1 Å². The summed E-state index contributed by atoms with van der Waals surface area (Å²) in [7, 11) is 0. The summed E-state index contributed by atoms with van der Waals surface area (Å²) in [4.78, 5) is 4.34. The van der Waals surface area contributed by atoms with Crippen molar-refractivity contribution in [2.24, 2.45) is 5.73 Å². The molecule has 0 saturated carbocycles. The maximum absolute atomic E-state index is 6.31. The molecule has 0 amide bonds. The number of rotatable bonds is 3. The van der Waals surface area contributed by atoms with E-state index in [1.54, 1.807) is 18.6 Å². The van der Waals surface area contributed by atoms with Crippen LogP contribution in [0.3, 0.4) is 0 Å². The van der Waals surface area contributed by atoms with Crippen LogP contribution in [0.1, 0.15) is 18.4 Å². The summed E-state index contributed by atoms with van der Waals surface area (Å²) in [5.74, 6) is 0.839. The smallest absolute Gasteiger partial charge is 0.251 e. The fraction of sp³-hybridized carbons (Fsp3) is 0.143. The molecule has 0 aliphatic rings. The van der Waals surface area contributed by atoms with Gasteiger partial charge < -0.3 is 14.7 Å². The van der Waals surface area contributed by atoms with Crippen LogP contribution in [0.15, 0.2) is 57.9 Å². The first-order valence-corrected chi connectivity index (χ1v) is 5.89. The van der Waals surface area contributed by atoms with Gasteiger partial charge in [0.25, 0.3) is 5.89 Å². The molecule has 0 spiro atoms. The van der Waals surface area contributed by atoms with E-state index < -0.39 is 5.54 Å². The lowest BCUT2D eigenvalue weighted by molar-refractivity contribution is 0.325. The van der Waals surface area contributed by atoms with E-state index in [2.05, 4.69) is 10.1 Å². The lowest BCUT2D eigenvalue weighted by Gasteiger charge is -2.19. The summed E-state index contributed by atoms with van der Waals surface area (Å²) < 4.78 is 10.3. The van der Waals surface area contributed by atoms with Crippen molar-refractivity contribution in [2.75, 3.05) is 0 Å². The molecule has 0 radical (unpaired) electrons. The number of aromatic nitrogens is 2. The fourth-order valence-corrected chi connectivity index (χ4v) is 1.85. The highest BCUT2D eigenvalue weighted by molar-refractivity contribution is 5.51. The third-order valence-corrected chi connectivity index (χ3v) is 3.02. The number of nitrogens with two attached hydrogens (primary N) is 1. The highest BCUT2D eigenvalue weighted by Gasteiger charge is 2.30. The van der Waals surface area contributed by atoms with Crippen molar-refractivity contribution in [3.05, 3.63) is 60.4 Å². The standard InChI is InChI=1S/C14H13N3O2/c1-14(15,11-5-3-2-4-6-11)13-16-12(17-19-13)10-7-8-18-9-10/h2-9H,15H2,1H3. The number of nitrogens with zero attached hydrogens (tertiary/aromatic N) is 2. The zero-order valence-electron chi connectivity index (χ0n) is 10.4. The highest BCUT2D eigenvalue weighted by Crippen LogP contribution is 2.27. The average molecular weight is 255 g/mol. The van der Waals surface area contributed by atoms with E-state index >= 15 is 0 Å². The predicted octanol–water partition coefficient (Wildman–Crippen LogP) is 2.55. The molecule has 0 saturated heterocycles. The Morgan fingerprint density at radius 2 is 1.95 bits per heavy atom. The normalized spacial score (nSPS) is 14.2. The molecule has 2 aromatic heterocycles. The van der Waals surface area contributed by atoms with Crippen LogP contribution in [-0.2, 0) is 5.54 Å². The minimum atomic E-state index is -0.823. The predicted molar refractivity (Wildman–Crippen MR) is 69.1 cm³/mol. The van der Waals surface area contributed by atoms with Gasteiger partial charge in [-0.15, -0.1) is 0 Å². The minimum Gasteiger partial charge on any atom is -0.472 e. The zero-order chi connectivity index (χ0) is 13.3. The second kappa shape index (κ2) is 4.37. The van der Waals surface area contributed by atoms with Crippen LogP contribution in [0.2, 0.25) is 0 Å². The lowest BCUT2D eigenvalue weighted by atomic mass is 9.93. The number of furan rings is 1. The Labute approximate surface area is 110 Å². The minimum absolute atomic E-state index is 0.370. The SMILES string of the molecule is CC(N)(c1ccccc1)c1nc(-c2ccoc2)no1. The van der Waals surface area contributed by atoms with Gasteiger partial charge in [0.15, 0.2) is 0 Å². The van der Waals surface area contributed by atoms with Gasteiger partial charge >= 0.3 is 0 Å². The molecule has 0 aliphatic carbocycles. The molecule has 96 valence electrons. The van der Waals surface area contributed by atoms with E-state index in [0.717, 1.165) is 11.1 Å². The van der Waals surface area contributed by atoms with Gasteiger partial charge in [0.2, 0.25) is 5.82 Å². The third-order valence-electron chi connectivity index (χ3n) is 3.02. The number of hydrogen-bond acceptors (Lipinski definition) is 5. The molecule has 2 N–H and O–H groups in total. The summed E-state index contributed by atoms with van der Waals surface area (Å²) in [5, 5.41) is 3.92. The fourth-order valence-electron chi connectivity index (χ4n) is 1.85. The molecular weight excluding hydrogens is 242 g/mol. The summed E-state index contributed by atoms with van der Waals surface area (Å²) in [6.07, 6.45) is 3.12. The van der Waals surface area contributed by atoms with Crippen LogP contribution in [0.5, 0.6) is 0 Å². The molecule has 0 fully saturated rings. The van der Waals surface area contributed by atoms with Gasteiger partial charge in [0.1, 0.15) is 11.8 Å². The Hall–Kier alpha value is -2.40. The van der Waals surface area contributed by atoms with Gasteiger partial charge in [-0.2, -0.15) is 4.98 Å². The van der Waals surface area contributed by atoms with E-state index in [1.807, 2.05) is 37.3 Å². The molecule has 0 aliphatic heterocycles. The van der Waals surface area contributed by atoms with Gasteiger partial charge in [-0.3, -0.25) is 0 Å². The van der Waals surface area contributed by atoms with E-state index in [4.69, 9.17) is 14.7 Å². The van der Waals surface area contributed by atoms with E-state index in [0.29, 0.717) is 11.7 Å². The van der Waals surface area contributed by atoms with E-state index in [9.17, 15) is 0 Å². The Balaban J connectivity index is 1.99. The van der Waals surface area contributed by atoms with Crippen molar-refractivity contribution in [3.8, 4) is 11.4 Å². The Morgan fingerprint density at radius 1 is 1.16 bits per heavy atom. The molecule has 1 atom stereocenters. The second-order valence-electron chi connectivity index (χ2n) is 4.50. The van der Waals surface area contributed by atoms with Gasteiger partial charge in [-0.05, 0) is 18.6 Å². The molecule has 3 aromatic rings.